The van der Waals surface area contributed by atoms with E-state index in [1.807, 2.05) is 51.1 Å². The molecule has 0 heterocycles. The van der Waals surface area contributed by atoms with Crippen molar-refractivity contribution in [3.8, 4) is 5.75 Å². The van der Waals surface area contributed by atoms with Crippen LogP contribution in [0.15, 0.2) is 64.6 Å². The molecule has 3 heteroatoms. The molecule has 1 unspecified atom stereocenters. The second kappa shape index (κ2) is 7.81. The van der Waals surface area contributed by atoms with Gasteiger partial charge in [0.05, 0.1) is 5.71 Å². The third-order valence-corrected chi connectivity index (χ3v) is 3.86. The predicted molar refractivity (Wildman–Crippen MR) is 91.2 cm³/mol. The van der Waals surface area contributed by atoms with Gasteiger partial charge < -0.3 is 5.11 Å². The highest BCUT2D eigenvalue weighted by atomic mass is 31.1. The van der Waals surface area contributed by atoms with Crippen LogP contribution in [0.4, 0.5) is 0 Å². The third kappa shape index (κ3) is 4.47. The third-order valence-electron chi connectivity index (χ3n) is 2.76. The van der Waals surface area contributed by atoms with Gasteiger partial charge >= 0.3 is 0 Å². The van der Waals surface area contributed by atoms with E-state index in [-0.39, 0.29) is 5.75 Å². The number of benzene rings is 1. The lowest BCUT2D eigenvalue weighted by molar-refractivity contribution is 0.474. The van der Waals surface area contributed by atoms with Crippen LogP contribution in [0.1, 0.15) is 26.3 Å². The Kier molecular flexibility index (Phi) is 6.41. The summed E-state index contributed by atoms with van der Waals surface area (Å²) in [5.74, 6) is 0.246. The Hall–Kier alpha value is -1.66. The van der Waals surface area contributed by atoms with Crippen molar-refractivity contribution in [2.24, 2.45) is 4.99 Å². The van der Waals surface area contributed by atoms with Crippen molar-refractivity contribution in [1.29, 1.82) is 0 Å². The molecule has 0 saturated carbocycles. The van der Waals surface area contributed by atoms with E-state index in [9.17, 15) is 5.11 Å². The number of hydrogen-bond acceptors (Lipinski definition) is 2. The van der Waals surface area contributed by atoms with Gasteiger partial charge in [-0.15, -0.1) is 0 Å². The fourth-order valence-corrected chi connectivity index (χ4v) is 2.43. The minimum atomic E-state index is 0.246. The van der Waals surface area contributed by atoms with Gasteiger partial charge in [-0.2, -0.15) is 0 Å². The summed E-state index contributed by atoms with van der Waals surface area (Å²) in [5.41, 5.74) is 3.60. The number of aromatic hydroxyl groups is 1. The van der Waals surface area contributed by atoms with Crippen molar-refractivity contribution in [2.75, 3.05) is 6.66 Å². The van der Waals surface area contributed by atoms with Crippen LogP contribution in [0, 0.1) is 0 Å². The first-order chi connectivity index (χ1) is 9.49. The lowest BCUT2D eigenvalue weighted by Gasteiger charge is -2.08. The Morgan fingerprint density at radius 1 is 1.25 bits per heavy atom. The van der Waals surface area contributed by atoms with Crippen LogP contribution in [0.3, 0.4) is 0 Å². The highest BCUT2D eigenvalue weighted by Crippen LogP contribution is 2.26. The number of para-hydroxylation sites is 1. The molecule has 1 aromatic rings. The summed E-state index contributed by atoms with van der Waals surface area (Å²) >= 11 is 0. The topological polar surface area (TPSA) is 32.6 Å². The molecule has 2 nitrogen and oxygen atoms in total. The van der Waals surface area contributed by atoms with E-state index >= 15 is 0 Å². The highest BCUT2D eigenvalue weighted by Gasteiger charge is 2.07. The molecule has 0 amide bonds. The number of nitrogens with zero attached hydrogens (tertiary/aromatic N) is 1. The van der Waals surface area contributed by atoms with E-state index in [0.29, 0.717) is 8.58 Å². The zero-order chi connectivity index (χ0) is 15.1. The van der Waals surface area contributed by atoms with E-state index in [4.69, 9.17) is 0 Å². The van der Waals surface area contributed by atoms with Crippen molar-refractivity contribution in [3.63, 3.8) is 0 Å². The van der Waals surface area contributed by atoms with Gasteiger partial charge in [0.25, 0.3) is 0 Å². The molecule has 0 aliphatic rings. The molecule has 106 valence electrons. The van der Waals surface area contributed by atoms with Crippen LogP contribution >= 0.6 is 8.58 Å². The molecule has 0 aliphatic heterocycles. The summed E-state index contributed by atoms with van der Waals surface area (Å²) < 4.78 is 0. The van der Waals surface area contributed by atoms with Crippen LogP contribution in [-0.4, -0.2) is 17.5 Å². The van der Waals surface area contributed by atoms with Gasteiger partial charge in [-0.25, -0.2) is 0 Å². The molecule has 1 atom stereocenters. The van der Waals surface area contributed by atoms with Crippen molar-refractivity contribution in [2.45, 2.75) is 20.8 Å². The molecule has 1 rings (SSSR count). The maximum Gasteiger partial charge on any atom is 0.124 e. The minimum absolute atomic E-state index is 0.246. The Morgan fingerprint density at radius 2 is 1.90 bits per heavy atom. The fourth-order valence-electron chi connectivity index (χ4n) is 1.81. The lowest BCUT2D eigenvalue weighted by Crippen LogP contribution is -1.99. The smallest absolute Gasteiger partial charge is 0.124 e. The summed E-state index contributed by atoms with van der Waals surface area (Å²) in [6.45, 7) is 11.9. The normalized spacial score (nSPS) is 13.3. The second-order valence-electron chi connectivity index (χ2n) is 4.69. The van der Waals surface area contributed by atoms with Gasteiger partial charge in [0.15, 0.2) is 0 Å². The Balaban J connectivity index is 3.42. The first-order valence-electron chi connectivity index (χ1n) is 6.52. The number of phenols is 1. The summed E-state index contributed by atoms with van der Waals surface area (Å²) in [6, 6.07) is 7.27. The molecular weight excluding hydrogens is 265 g/mol. The molecule has 0 spiro atoms. The van der Waals surface area contributed by atoms with E-state index in [1.54, 1.807) is 6.07 Å². The minimum Gasteiger partial charge on any atom is -0.507 e. The predicted octanol–water partition coefficient (Wildman–Crippen LogP) is 4.87. The number of allylic oxidation sites excluding steroid dienone is 5. The number of hydrogen-bond donors (Lipinski definition) is 1. The molecule has 1 N–H and O–H groups in total. The Labute approximate surface area is 123 Å². The second-order valence-corrected chi connectivity index (χ2v) is 5.73. The molecule has 0 radical (unpaired) electrons. The molecule has 0 saturated heterocycles. The van der Waals surface area contributed by atoms with E-state index in [1.165, 1.54) is 0 Å². The van der Waals surface area contributed by atoms with Gasteiger partial charge in [-0.3, -0.25) is 4.99 Å². The summed E-state index contributed by atoms with van der Waals surface area (Å²) in [6.07, 6.45) is 3.83. The van der Waals surface area contributed by atoms with Crippen LogP contribution in [0.2, 0.25) is 0 Å². The molecular formula is C17H22NOP. The molecule has 1 aromatic carbocycles. The fraction of sp³-hybridized carbons (Fsp3) is 0.235. The highest BCUT2D eigenvalue weighted by molar-refractivity contribution is 7.42. The number of aliphatic imine (C=N–C) groups is 1. The maximum absolute atomic E-state index is 10.0. The van der Waals surface area contributed by atoms with Crippen molar-refractivity contribution >= 4 is 14.3 Å². The molecule has 0 fully saturated rings. The van der Waals surface area contributed by atoms with Crippen molar-refractivity contribution < 1.29 is 5.11 Å². The molecule has 0 aliphatic carbocycles. The van der Waals surface area contributed by atoms with Crippen LogP contribution in [-0.2, 0) is 0 Å². The molecule has 0 bridgehead atoms. The quantitative estimate of drug-likeness (QED) is 0.467. The largest absolute Gasteiger partial charge is 0.507 e. The number of rotatable bonds is 5. The number of phenolic OH excluding ortho intramolecular Hbond substituents is 1. The zero-order valence-corrected chi connectivity index (χ0v) is 13.6. The maximum atomic E-state index is 10.0. The van der Waals surface area contributed by atoms with E-state index in [0.717, 1.165) is 27.9 Å². The van der Waals surface area contributed by atoms with Gasteiger partial charge in [-0.05, 0) is 51.0 Å². The van der Waals surface area contributed by atoms with Crippen LogP contribution < -0.4 is 0 Å². The monoisotopic (exact) mass is 287 g/mol. The molecule has 0 aromatic heterocycles. The SMILES string of the molecule is C=C/C(PC)=C(\C)N=C(C=C(C)C)c1ccccc1O. The zero-order valence-electron chi connectivity index (χ0n) is 12.6. The first-order valence-corrected chi connectivity index (χ1v) is 8.02. The average Bonchev–Trinajstić information content (AvgIpc) is 2.39. The summed E-state index contributed by atoms with van der Waals surface area (Å²) in [7, 11) is 0.651. The van der Waals surface area contributed by atoms with E-state index < -0.39 is 0 Å². The molecule has 20 heavy (non-hydrogen) atoms. The van der Waals surface area contributed by atoms with Gasteiger partial charge in [0.2, 0.25) is 0 Å². The Bertz CT molecular complexity index is 578. The standard InChI is InChI=1S/C17H22NOP/c1-6-17(20-5)13(4)18-15(11-12(2)3)14-9-7-8-10-16(14)19/h6-11,19-20H,1H2,2-5H3/b17-13-,18-15?. The van der Waals surface area contributed by atoms with Crippen molar-refractivity contribution in [1.82, 2.24) is 0 Å². The van der Waals surface area contributed by atoms with Gasteiger partial charge in [0, 0.05) is 11.3 Å². The first kappa shape index (κ1) is 16.4. The van der Waals surface area contributed by atoms with Crippen LogP contribution in [0.25, 0.3) is 0 Å². The Morgan fingerprint density at radius 3 is 2.40 bits per heavy atom. The van der Waals surface area contributed by atoms with Gasteiger partial charge in [0.1, 0.15) is 5.75 Å². The van der Waals surface area contributed by atoms with Crippen molar-refractivity contribution in [3.05, 3.63) is 65.1 Å². The van der Waals surface area contributed by atoms with Crippen LogP contribution in [0.5, 0.6) is 5.75 Å². The summed E-state index contributed by atoms with van der Waals surface area (Å²) in [4.78, 5) is 4.69. The summed E-state index contributed by atoms with van der Waals surface area (Å²) in [5, 5.41) is 11.2. The van der Waals surface area contributed by atoms with Gasteiger partial charge in [-0.1, -0.05) is 38.9 Å². The lowest BCUT2D eigenvalue weighted by atomic mass is 10.1. The average molecular weight is 287 g/mol. The van der Waals surface area contributed by atoms with E-state index in [2.05, 4.69) is 18.2 Å².